The Hall–Kier alpha value is -1.05. The Kier molecular flexibility index (Phi) is 2.65. The monoisotopic (exact) mass is 259 g/mol. The van der Waals surface area contributed by atoms with E-state index in [0.29, 0.717) is 5.41 Å². The predicted octanol–water partition coefficient (Wildman–Crippen LogP) is 3.46. The number of rotatable bonds is 1. The third kappa shape index (κ3) is 1.58. The minimum atomic E-state index is 0. The van der Waals surface area contributed by atoms with Crippen molar-refractivity contribution in [1.29, 1.82) is 0 Å². The zero-order valence-electron chi connectivity index (χ0n) is 10.6. The highest BCUT2D eigenvalue weighted by Gasteiger charge is 2.59. The summed E-state index contributed by atoms with van der Waals surface area (Å²) < 4.78 is 0. The molecule has 2 aromatic carbocycles. The van der Waals surface area contributed by atoms with Crippen LogP contribution < -0.4 is 0 Å². The Morgan fingerprint density at radius 3 is 2.61 bits per heavy atom. The Labute approximate surface area is 114 Å². The van der Waals surface area contributed by atoms with E-state index in [0.717, 1.165) is 5.92 Å². The van der Waals surface area contributed by atoms with E-state index in [1.165, 1.54) is 30.3 Å². The van der Waals surface area contributed by atoms with E-state index < -0.39 is 0 Å². The molecule has 4 rings (SSSR count). The smallest absolute Gasteiger partial charge is 0.0124 e. The van der Waals surface area contributed by atoms with E-state index in [2.05, 4.69) is 54.4 Å². The summed E-state index contributed by atoms with van der Waals surface area (Å²) in [5.41, 5.74) is 2.06. The van der Waals surface area contributed by atoms with Gasteiger partial charge >= 0.3 is 0 Å². The fourth-order valence-corrected chi connectivity index (χ4v) is 3.68. The molecule has 2 fully saturated rings. The highest BCUT2D eigenvalue weighted by Crippen LogP contribution is 2.58. The molecule has 1 saturated carbocycles. The van der Waals surface area contributed by atoms with E-state index in [-0.39, 0.29) is 12.4 Å². The summed E-state index contributed by atoms with van der Waals surface area (Å²) in [6.07, 6.45) is 1.40. The van der Waals surface area contributed by atoms with Crippen molar-refractivity contribution in [2.45, 2.75) is 11.8 Å². The number of hydrogen-bond acceptors (Lipinski definition) is 1. The molecule has 0 radical (unpaired) electrons. The van der Waals surface area contributed by atoms with Gasteiger partial charge in [-0.3, -0.25) is 0 Å². The average Bonchev–Trinajstić information content (AvgIpc) is 2.93. The highest BCUT2D eigenvalue weighted by molar-refractivity contribution is 5.85. The van der Waals surface area contributed by atoms with Crippen molar-refractivity contribution in [3.05, 3.63) is 48.0 Å². The minimum absolute atomic E-state index is 0. The Morgan fingerprint density at radius 2 is 1.89 bits per heavy atom. The van der Waals surface area contributed by atoms with Crippen molar-refractivity contribution in [2.24, 2.45) is 5.92 Å². The number of hydrogen-bond donors (Lipinski definition) is 0. The molecular weight excluding hydrogens is 242 g/mol. The first kappa shape index (κ1) is 12.0. The molecule has 2 heteroatoms. The van der Waals surface area contributed by atoms with Crippen molar-refractivity contribution in [2.75, 3.05) is 20.1 Å². The zero-order valence-corrected chi connectivity index (χ0v) is 11.4. The van der Waals surface area contributed by atoms with Crippen LogP contribution in [-0.4, -0.2) is 25.0 Å². The van der Waals surface area contributed by atoms with E-state index >= 15 is 0 Å². The number of fused-ring (bicyclic) bond motifs is 2. The molecular formula is C16H18ClN. The van der Waals surface area contributed by atoms with Crippen molar-refractivity contribution < 1.29 is 0 Å². The first-order valence-corrected chi connectivity index (χ1v) is 6.46. The lowest BCUT2D eigenvalue weighted by Crippen LogP contribution is -2.22. The molecule has 0 N–H and O–H groups in total. The van der Waals surface area contributed by atoms with E-state index in [1.807, 2.05) is 0 Å². The second-order valence-corrected chi connectivity index (χ2v) is 5.82. The van der Waals surface area contributed by atoms with Gasteiger partial charge in [0.05, 0.1) is 0 Å². The van der Waals surface area contributed by atoms with Gasteiger partial charge in [-0.05, 0) is 35.7 Å². The molecule has 0 bridgehead atoms. The Morgan fingerprint density at radius 1 is 1.11 bits per heavy atom. The Bertz CT molecular complexity index is 594. The number of nitrogens with zero attached hydrogens (tertiary/aromatic N) is 1. The first-order chi connectivity index (χ1) is 8.28. The van der Waals surface area contributed by atoms with Crippen LogP contribution in [0, 0.1) is 5.92 Å². The molecule has 0 unspecified atom stereocenters. The van der Waals surface area contributed by atoms with Gasteiger partial charge in [0, 0.05) is 18.5 Å². The largest absolute Gasteiger partial charge is 0.305 e. The maximum absolute atomic E-state index is 2.48. The number of halogens is 1. The Balaban J connectivity index is 0.000001000. The van der Waals surface area contributed by atoms with Gasteiger partial charge in [0.25, 0.3) is 0 Å². The maximum atomic E-state index is 2.48. The third-order valence-corrected chi connectivity index (χ3v) is 4.64. The summed E-state index contributed by atoms with van der Waals surface area (Å²) in [7, 11) is 2.24. The van der Waals surface area contributed by atoms with Crippen LogP contribution in [0.1, 0.15) is 12.0 Å². The van der Waals surface area contributed by atoms with Crippen molar-refractivity contribution in [1.82, 2.24) is 4.90 Å². The molecule has 18 heavy (non-hydrogen) atoms. The van der Waals surface area contributed by atoms with E-state index in [4.69, 9.17) is 0 Å². The number of benzene rings is 2. The molecule has 1 heterocycles. The second-order valence-electron chi connectivity index (χ2n) is 5.82. The summed E-state index contributed by atoms with van der Waals surface area (Å²) in [6.45, 7) is 2.53. The standard InChI is InChI=1S/C16H17N.ClH/c1-17-10-15-9-16(15,11-17)14-7-6-12-4-2-3-5-13(12)8-14;/h2-8,15H,9-11H2,1H3;1H/t15-,16+;/m1./s1. The van der Waals surface area contributed by atoms with Crippen LogP contribution in [0.3, 0.4) is 0 Å². The van der Waals surface area contributed by atoms with E-state index in [1.54, 1.807) is 5.56 Å². The van der Waals surface area contributed by atoms with Gasteiger partial charge in [-0.25, -0.2) is 0 Å². The fraction of sp³-hybridized carbons (Fsp3) is 0.375. The van der Waals surface area contributed by atoms with Gasteiger partial charge in [0.15, 0.2) is 0 Å². The topological polar surface area (TPSA) is 3.24 Å². The molecule has 0 aromatic heterocycles. The highest BCUT2D eigenvalue weighted by atomic mass is 35.5. The van der Waals surface area contributed by atoms with Gasteiger partial charge in [0.1, 0.15) is 0 Å². The summed E-state index contributed by atoms with van der Waals surface area (Å²) in [6, 6.07) is 15.7. The molecule has 2 aromatic rings. The molecule has 0 amide bonds. The van der Waals surface area contributed by atoms with Crippen molar-refractivity contribution in [3.8, 4) is 0 Å². The summed E-state index contributed by atoms with van der Waals surface area (Å²) in [4.78, 5) is 2.48. The normalized spacial score (nSPS) is 29.9. The molecule has 2 atom stereocenters. The van der Waals surface area contributed by atoms with Gasteiger partial charge in [0.2, 0.25) is 0 Å². The number of likely N-dealkylation sites (N-methyl/N-ethyl adjacent to an activating group) is 1. The molecule has 1 nitrogen and oxygen atoms in total. The van der Waals surface area contributed by atoms with Crippen molar-refractivity contribution >= 4 is 23.2 Å². The van der Waals surface area contributed by atoms with Crippen LogP contribution in [0.15, 0.2) is 42.5 Å². The molecule has 2 aliphatic rings. The fourth-order valence-electron chi connectivity index (χ4n) is 3.68. The van der Waals surface area contributed by atoms with Gasteiger partial charge in [-0.1, -0.05) is 42.5 Å². The van der Waals surface area contributed by atoms with E-state index in [9.17, 15) is 0 Å². The average molecular weight is 260 g/mol. The minimum Gasteiger partial charge on any atom is -0.305 e. The second kappa shape index (κ2) is 3.97. The summed E-state index contributed by atoms with van der Waals surface area (Å²) in [5.74, 6) is 0.911. The van der Waals surface area contributed by atoms with Crippen LogP contribution in [0.25, 0.3) is 10.8 Å². The SMILES string of the molecule is CN1C[C@H]2C[C@@]2(c2ccc3ccccc3c2)C1.Cl. The summed E-state index contributed by atoms with van der Waals surface area (Å²) >= 11 is 0. The van der Waals surface area contributed by atoms with Crippen LogP contribution in [0.5, 0.6) is 0 Å². The number of likely N-dealkylation sites (tertiary alicyclic amines) is 1. The molecule has 1 saturated heterocycles. The first-order valence-electron chi connectivity index (χ1n) is 6.46. The van der Waals surface area contributed by atoms with Crippen LogP contribution in [-0.2, 0) is 5.41 Å². The lowest BCUT2D eigenvalue weighted by molar-refractivity contribution is 0.363. The molecule has 0 spiro atoms. The van der Waals surface area contributed by atoms with Crippen LogP contribution >= 0.6 is 12.4 Å². The molecule has 1 aliphatic heterocycles. The van der Waals surface area contributed by atoms with Crippen molar-refractivity contribution in [3.63, 3.8) is 0 Å². The quantitative estimate of drug-likeness (QED) is 0.758. The predicted molar refractivity (Wildman–Crippen MR) is 78.5 cm³/mol. The summed E-state index contributed by atoms with van der Waals surface area (Å²) in [5, 5.41) is 2.75. The third-order valence-electron chi connectivity index (χ3n) is 4.64. The zero-order chi connectivity index (χ0) is 11.5. The molecule has 94 valence electrons. The number of piperidine rings is 1. The molecule has 1 aliphatic carbocycles. The van der Waals surface area contributed by atoms with Crippen LogP contribution in [0.2, 0.25) is 0 Å². The van der Waals surface area contributed by atoms with Gasteiger partial charge < -0.3 is 4.90 Å². The maximum Gasteiger partial charge on any atom is 0.0124 e. The lowest BCUT2D eigenvalue weighted by atomic mass is 9.93. The van der Waals surface area contributed by atoms with Gasteiger partial charge in [-0.15, -0.1) is 12.4 Å². The lowest BCUT2D eigenvalue weighted by Gasteiger charge is -2.17. The van der Waals surface area contributed by atoms with Crippen LogP contribution in [0.4, 0.5) is 0 Å². The van der Waals surface area contributed by atoms with Gasteiger partial charge in [-0.2, -0.15) is 0 Å².